The first kappa shape index (κ1) is 28.2. The van der Waals surface area contributed by atoms with Crippen molar-refractivity contribution >= 4 is 40.6 Å². The molecule has 3 atom stereocenters. The summed E-state index contributed by atoms with van der Waals surface area (Å²) in [7, 11) is 0. The summed E-state index contributed by atoms with van der Waals surface area (Å²) in [6.07, 6.45) is 2.06. The van der Waals surface area contributed by atoms with E-state index in [1.807, 2.05) is 64.1 Å². The lowest BCUT2D eigenvalue weighted by atomic mass is 9.95. The normalized spacial score (nSPS) is 21.9. The number of nitrogens with two attached hydrogens (primary N) is 1. The Kier molecular flexibility index (Phi) is 8.64. The lowest BCUT2D eigenvalue weighted by molar-refractivity contribution is -0.274. The smallest absolute Gasteiger partial charge is 0.272 e. The maximum absolute atomic E-state index is 13.7. The van der Waals surface area contributed by atoms with E-state index in [1.54, 1.807) is 6.08 Å². The van der Waals surface area contributed by atoms with E-state index in [1.165, 1.54) is 20.9 Å². The fourth-order valence-electron chi connectivity index (χ4n) is 5.10. The molecule has 3 heterocycles. The molecule has 2 aliphatic heterocycles. The number of aromatic nitrogens is 1. The Labute approximate surface area is 228 Å². The Balaban J connectivity index is 1.67. The van der Waals surface area contributed by atoms with Crippen molar-refractivity contribution in [2.24, 2.45) is 17.6 Å². The fourth-order valence-corrected chi connectivity index (χ4v) is 5.10. The molecule has 2 aliphatic rings. The molecule has 2 aromatic rings. The second kappa shape index (κ2) is 11.9. The van der Waals surface area contributed by atoms with Crippen LogP contribution in [0.15, 0.2) is 42.5 Å². The van der Waals surface area contributed by atoms with E-state index in [0.29, 0.717) is 18.5 Å². The third-order valence-electron chi connectivity index (χ3n) is 6.92. The molecule has 1 aromatic carbocycles. The zero-order chi connectivity index (χ0) is 28.3. The number of benzene rings is 1. The van der Waals surface area contributed by atoms with E-state index in [2.05, 4.69) is 4.98 Å². The molecule has 10 heteroatoms. The third-order valence-corrected chi connectivity index (χ3v) is 6.92. The monoisotopic (exact) mass is 535 g/mol. The van der Waals surface area contributed by atoms with Gasteiger partial charge in [-0.05, 0) is 42.9 Å². The van der Waals surface area contributed by atoms with Crippen molar-refractivity contribution in [2.75, 3.05) is 13.1 Å². The third kappa shape index (κ3) is 6.44. The minimum atomic E-state index is -0.892. The quantitative estimate of drug-likeness (QED) is 0.492. The molecule has 4 amide bonds. The topological polar surface area (TPSA) is 126 Å². The number of para-hydroxylation sites is 1. The molecule has 0 saturated carbocycles. The van der Waals surface area contributed by atoms with Gasteiger partial charge in [-0.1, -0.05) is 52.0 Å². The second-order valence-corrected chi connectivity index (χ2v) is 11.0. The van der Waals surface area contributed by atoms with Crippen LogP contribution in [0.2, 0.25) is 0 Å². The van der Waals surface area contributed by atoms with Crippen molar-refractivity contribution in [3.05, 3.63) is 48.2 Å². The zero-order valence-electron chi connectivity index (χ0n) is 22.9. The van der Waals surface area contributed by atoms with Crippen LogP contribution in [0.4, 0.5) is 0 Å². The summed E-state index contributed by atoms with van der Waals surface area (Å²) >= 11 is 0. The SMILES string of the molecule is CC(C)C[C@H]1ON(C(=O)/C=C/c2ccc3ccccc3n2)[C@H]2CN(CCC(N)=O)C(=O)[C@H](CC(C)C)N2C1=O. The van der Waals surface area contributed by atoms with Crippen LogP contribution >= 0.6 is 0 Å². The Hall–Kier alpha value is -3.79. The molecule has 39 heavy (non-hydrogen) atoms. The molecule has 0 aliphatic carbocycles. The van der Waals surface area contributed by atoms with Crippen LogP contribution in [0, 0.1) is 11.8 Å². The van der Waals surface area contributed by atoms with Crippen LogP contribution in [0.25, 0.3) is 17.0 Å². The van der Waals surface area contributed by atoms with Crippen LogP contribution in [-0.2, 0) is 24.0 Å². The van der Waals surface area contributed by atoms with Crippen molar-refractivity contribution in [3.63, 3.8) is 0 Å². The van der Waals surface area contributed by atoms with Gasteiger partial charge >= 0.3 is 0 Å². The highest BCUT2D eigenvalue weighted by Crippen LogP contribution is 2.32. The number of carbonyl (C=O) groups excluding carboxylic acids is 4. The number of pyridine rings is 1. The van der Waals surface area contributed by atoms with Crippen LogP contribution in [0.3, 0.4) is 0 Å². The van der Waals surface area contributed by atoms with Crippen LogP contribution in [0.5, 0.6) is 0 Å². The molecule has 0 bridgehead atoms. The van der Waals surface area contributed by atoms with Gasteiger partial charge in [0, 0.05) is 24.4 Å². The maximum atomic E-state index is 13.7. The Bertz CT molecular complexity index is 1280. The summed E-state index contributed by atoms with van der Waals surface area (Å²) in [4.78, 5) is 65.9. The summed E-state index contributed by atoms with van der Waals surface area (Å²) in [5.41, 5.74) is 6.76. The first-order valence-electron chi connectivity index (χ1n) is 13.5. The van der Waals surface area contributed by atoms with E-state index < -0.39 is 30.1 Å². The Morgan fingerprint density at radius 2 is 1.77 bits per heavy atom. The minimum Gasteiger partial charge on any atom is -0.370 e. The van der Waals surface area contributed by atoms with Gasteiger partial charge in [0.25, 0.3) is 11.8 Å². The van der Waals surface area contributed by atoms with Gasteiger partial charge in [-0.3, -0.25) is 24.0 Å². The highest BCUT2D eigenvalue weighted by Gasteiger charge is 2.52. The zero-order valence-corrected chi connectivity index (χ0v) is 22.9. The highest BCUT2D eigenvalue weighted by atomic mass is 16.7. The van der Waals surface area contributed by atoms with Crippen molar-refractivity contribution in [2.45, 2.75) is 65.3 Å². The van der Waals surface area contributed by atoms with Gasteiger partial charge in [-0.2, -0.15) is 5.06 Å². The first-order chi connectivity index (χ1) is 18.5. The molecular weight excluding hydrogens is 498 g/mol. The van der Waals surface area contributed by atoms with Gasteiger partial charge < -0.3 is 15.5 Å². The Morgan fingerprint density at radius 1 is 1.05 bits per heavy atom. The van der Waals surface area contributed by atoms with E-state index in [0.717, 1.165) is 10.9 Å². The summed E-state index contributed by atoms with van der Waals surface area (Å²) in [5.74, 6) is -1.31. The van der Waals surface area contributed by atoms with Crippen molar-refractivity contribution in [3.8, 4) is 0 Å². The van der Waals surface area contributed by atoms with Gasteiger partial charge in [-0.15, -0.1) is 0 Å². The van der Waals surface area contributed by atoms with E-state index >= 15 is 0 Å². The molecule has 208 valence electrons. The number of primary amides is 1. The molecule has 2 fully saturated rings. The van der Waals surface area contributed by atoms with Gasteiger partial charge in [0.15, 0.2) is 12.3 Å². The Morgan fingerprint density at radius 3 is 2.46 bits per heavy atom. The van der Waals surface area contributed by atoms with Gasteiger partial charge in [0.1, 0.15) is 6.04 Å². The first-order valence-corrected chi connectivity index (χ1v) is 13.5. The molecule has 2 N–H and O–H groups in total. The summed E-state index contributed by atoms with van der Waals surface area (Å²) in [6.45, 7) is 8.02. The largest absolute Gasteiger partial charge is 0.370 e. The predicted molar refractivity (Wildman–Crippen MR) is 146 cm³/mol. The molecule has 1 aromatic heterocycles. The van der Waals surface area contributed by atoms with Crippen molar-refractivity contribution in [1.29, 1.82) is 0 Å². The number of fused-ring (bicyclic) bond motifs is 2. The average Bonchev–Trinajstić information content (AvgIpc) is 2.88. The van der Waals surface area contributed by atoms with Crippen LogP contribution in [-0.4, -0.2) is 74.9 Å². The van der Waals surface area contributed by atoms with E-state index in [-0.39, 0.29) is 43.2 Å². The maximum Gasteiger partial charge on any atom is 0.272 e. The molecule has 0 unspecified atom stereocenters. The molecule has 2 saturated heterocycles. The summed E-state index contributed by atoms with van der Waals surface area (Å²) in [6, 6.07) is 10.7. The van der Waals surface area contributed by atoms with Gasteiger partial charge in [-0.25, -0.2) is 4.98 Å². The highest BCUT2D eigenvalue weighted by molar-refractivity contribution is 5.95. The molecule has 0 radical (unpaired) electrons. The van der Waals surface area contributed by atoms with E-state index in [4.69, 9.17) is 10.6 Å². The van der Waals surface area contributed by atoms with Gasteiger partial charge in [0.05, 0.1) is 17.8 Å². The standard InChI is InChI=1S/C29H37N5O5/c1-18(2)15-23-28(37)32(14-13-25(30)35)17-26-33(23)29(38)24(16-19(3)4)39-34(26)27(36)12-11-21-10-9-20-7-5-6-8-22(20)31-21/h5-12,18-19,23-24,26H,13-17H2,1-4H3,(H2,30,35)/b12-11+/t23-,24+,26-/m0/s1. The van der Waals surface area contributed by atoms with Crippen LogP contribution < -0.4 is 5.73 Å². The van der Waals surface area contributed by atoms with Crippen molar-refractivity contribution < 1.29 is 24.0 Å². The molecule has 4 rings (SSSR count). The number of hydrogen-bond acceptors (Lipinski definition) is 6. The number of hydroxylamine groups is 2. The average molecular weight is 536 g/mol. The number of hydrogen-bond donors (Lipinski definition) is 1. The molecule has 0 spiro atoms. The van der Waals surface area contributed by atoms with Crippen LogP contribution in [0.1, 0.15) is 52.7 Å². The minimum absolute atomic E-state index is 0.0148. The molecule has 10 nitrogen and oxygen atoms in total. The number of piperazine rings is 1. The number of carbonyl (C=O) groups is 4. The summed E-state index contributed by atoms with van der Waals surface area (Å²) in [5, 5.41) is 2.20. The number of nitrogens with zero attached hydrogens (tertiary/aromatic N) is 4. The van der Waals surface area contributed by atoms with Gasteiger partial charge in [0.2, 0.25) is 11.8 Å². The number of amides is 4. The number of rotatable bonds is 9. The predicted octanol–water partition coefficient (Wildman–Crippen LogP) is 2.72. The van der Waals surface area contributed by atoms with E-state index in [9.17, 15) is 19.2 Å². The fraction of sp³-hybridized carbons (Fsp3) is 0.483. The summed E-state index contributed by atoms with van der Waals surface area (Å²) < 4.78 is 0. The lowest BCUT2D eigenvalue weighted by Gasteiger charge is -2.53. The second-order valence-electron chi connectivity index (χ2n) is 11.0. The lowest BCUT2D eigenvalue weighted by Crippen LogP contribution is -2.73. The molecular formula is C29H37N5O5. The van der Waals surface area contributed by atoms with Crippen molar-refractivity contribution in [1.82, 2.24) is 19.8 Å².